The summed E-state index contributed by atoms with van der Waals surface area (Å²) in [7, 11) is 0. The molecule has 5 heteroatoms. The normalized spacial score (nSPS) is 11.8. The summed E-state index contributed by atoms with van der Waals surface area (Å²) in [6.45, 7) is 5.78. The van der Waals surface area contributed by atoms with Gasteiger partial charge in [0.05, 0.1) is 10.4 Å². The first-order valence-electron chi connectivity index (χ1n) is 7.18. The number of ketones is 1. The Hall–Kier alpha value is -2.40. The van der Waals surface area contributed by atoms with Crippen LogP contribution in [-0.4, -0.2) is 16.9 Å². The number of fused-ring (bicyclic) bond motifs is 1. The molecule has 23 heavy (non-hydrogen) atoms. The number of hydrogen-bond acceptors (Lipinski definition) is 4. The Morgan fingerprint density at radius 3 is 2.43 bits per heavy atom. The van der Waals surface area contributed by atoms with Crippen LogP contribution in [0.2, 0.25) is 0 Å². The Labute approximate surface area is 137 Å². The van der Waals surface area contributed by atoms with Crippen molar-refractivity contribution in [1.82, 2.24) is 0 Å². The predicted octanol–water partition coefficient (Wildman–Crippen LogP) is 4.72. The van der Waals surface area contributed by atoms with Gasteiger partial charge in [-0.05, 0) is 22.9 Å². The lowest BCUT2D eigenvalue weighted by molar-refractivity contribution is 0.0660. The molecule has 0 aliphatic heterocycles. The van der Waals surface area contributed by atoms with Gasteiger partial charge in [0.25, 0.3) is 0 Å². The Morgan fingerprint density at radius 1 is 1.13 bits per heavy atom. The van der Waals surface area contributed by atoms with Crippen molar-refractivity contribution in [2.45, 2.75) is 26.2 Å². The minimum atomic E-state index is -1.12. The molecule has 3 aromatic rings. The van der Waals surface area contributed by atoms with Crippen molar-refractivity contribution in [2.75, 3.05) is 0 Å². The zero-order chi connectivity index (χ0) is 16.8. The Bertz CT molecular complexity index is 895. The van der Waals surface area contributed by atoms with Crippen LogP contribution in [0.4, 0.5) is 0 Å². The van der Waals surface area contributed by atoms with Gasteiger partial charge in [-0.2, -0.15) is 0 Å². The predicted molar refractivity (Wildman–Crippen MR) is 89.6 cm³/mol. The van der Waals surface area contributed by atoms with Gasteiger partial charge in [0.1, 0.15) is 5.58 Å². The lowest BCUT2D eigenvalue weighted by atomic mass is 9.84. The molecular weight excluding hydrogens is 312 g/mol. The van der Waals surface area contributed by atoms with Gasteiger partial charge in [0.2, 0.25) is 11.5 Å². The number of furan rings is 1. The molecule has 4 nitrogen and oxygen atoms in total. The van der Waals surface area contributed by atoms with Crippen molar-refractivity contribution >= 4 is 34.1 Å². The zero-order valence-corrected chi connectivity index (χ0v) is 13.9. The quantitative estimate of drug-likeness (QED) is 0.706. The molecule has 0 amide bonds. The number of rotatable bonds is 3. The van der Waals surface area contributed by atoms with Gasteiger partial charge < -0.3 is 9.52 Å². The SMILES string of the molecule is CC(C)(C)c1c(C(=O)O)oc2c(C(=O)c3cccs3)cccc12. The Balaban J connectivity index is 2.31. The van der Waals surface area contributed by atoms with Crippen molar-refractivity contribution in [3.05, 3.63) is 57.5 Å². The number of thiophene rings is 1. The van der Waals surface area contributed by atoms with Gasteiger partial charge in [0.15, 0.2) is 0 Å². The highest BCUT2D eigenvalue weighted by molar-refractivity contribution is 7.12. The fraction of sp³-hybridized carbons (Fsp3) is 0.222. The number of carboxylic acid groups (broad SMARTS) is 1. The van der Waals surface area contributed by atoms with E-state index in [-0.39, 0.29) is 11.5 Å². The lowest BCUT2D eigenvalue weighted by Crippen LogP contribution is -2.15. The highest BCUT2D eigenvalue weighted by Gasteiger charge is 2.30. The van der Waals surface area contributed by atoms with Crippen molar-refractivity contribution in [3.8, 4) is 0 Å². The number of carbonyl (C=O) groups is 2. The first-order valence-corrected chi connectivity index (χ1v) is 8.06. The number of carbonyl (C=O) groups excluding carboxylic acids is 1. The van der Waals surface area contributed by atoms with E-state index in [4.69, 9.17) is 4.42 Å². The van der Waals surface area contributed by atoms with Crippen LogP contribution in [-0.2, 0) is 5.41 Å². The summed E-state index contributed by atoms with van der Waals surface area (Å²) >= 11 is 1.35. The molecule has 0 saturated heterocycles. The Morgan fingerprint density at radius 2 is 1.87 bits per heavy atom. The molecule has 2 aromatic heterocycles. The molecule has 1 N–H and O–H groups in total. The molecule has 0 spiro atoms. The van der Waals surface area contributed by atoms with E-state index in [1.807, 2.05) is 32.2 Å². The number of benzene rings is 1. The molecule has 1 aromatic carbocycles. The summed E-state index contributed by atoms with van der Waals surface area (Å²) in [5.41, 5.74) is 0.931. The van der Waals surface area contributed by atoms with E-state index in [1.54, 1.807) is 24.3 Å². The third-order valence-electron chi connectivity index (χ3n) is 3.65. The van der Waals surface area contributed by atoms with Crippen LogP contribution in [0.25, 0.3) is 11.0 Å². The molecule has 0 aliphatic rings. The maximum absolute atomic E-state index is 12.7. The summed E-state index contributed by atoms with van der Waals surface area (Å²) in [6, 6.07) is 8.80. The van der Waals surface area contributed by atoms with Crippen LogP contribution in [0.3, 0.4) is 0 Å². The topological polar surface area (TPSA) is 67.5 Å². The average molecular weight is 328 g/mol. The van der Waals surface area contributed by atoms with Crippen LogP contribution >= 0.6 is 11.3 Å². The number of para-hydroxylation sites is 1. The monoisotopic (exact) mass is 328 g/mol. The molecular formula is C18H16O4S. The van der Waals surface area contributed by atoms with Gasteiger partial charge in [-0.25, -0.2) is 4.79 Å². The first-order chi connectivity index (χ1) is 10.8. The Kier molecular flexibility index (Phi) is 3.60. The van der Waals surface area contributed by atoms with Gasteiger partial charge >= 0.3 is 5.97 Å². The third-order valence-corrected chi connectivity index (χ3v) is 4.52. The smallest absolute Gasteiger partial charge is 0.372 e. The summed E-state index contributed by atoms with van der Waals surface area (Å²) < 4.78 is 5.62. The third kappa shape index (κ3) is 2.57. The van der Waals surface area contributed by atoms with Crippen LogP contribution in [0.5, 0.6) is 0 Å². The summed E-state index contributed by atoms with van der Waals surface area (Å²) in [5.74, 6) is -1.38. The van der Waals surface area contributed by atoms with E-state index >= 15 is 0 Å². The molecule has 0 radical (unpaired) electrons. The van der Waals surface area contributed by atoms with Gasteiger partial charge in [0, 0.05) is 10.9 Å². The first kappa shape index (κ1) is 15.5. The van der Waals surface area contributed by atoms with E-state index in [0.717, 1.165) is 0 Å². The highest BCUT2D eigenvalue weighted by atomic mass is 32.1. The molecule has 0 saturated carbocycles. The highest BCUT2D eigenvalue weighted by Crippen LogP contribution is 2.37. The second-order valence-electron chi connectivity index (χ2n) is 6.35. The lowest BCUT2D eigenvalue weighted by Gasteiger charge is -2.18. The molecule has 0 aliphatic carbocycles. The van der Waals surface area contributed by atoms with Crippen LogP contribution in [0, 0.1) is 0 Å². The van der Waals surface area contributed by atoms with E-state index < -0.39 is 11.4 Å². The van der Waals surface area contributed by atoms with Gasteiger partial charge in [-0.3, -0.25) is 4.79 Å². The summed E-state index contributed by atoms with van der Waals surface area (Å²) in [6.07, 6.45) is 0. The summed E-state index contributed by atoms with van der Waals surface area (Å²) in [5, 5.41) is 12.0. The standard InChI is InChI=1S/C18H16O4S/c1-18(2,3)13-10-6-4-7-11(14(19)12-8-5-9-23-12)15(10)22-16(13)17(20)21/h4-9H,1-3H3,(H,20,21). The minimum Gasteiger partial charge on any atom is -0.475 e. The second kappa shape index (κ2) is 5.35. The minimum absolute atomic E-state index is 0.0982. The molecule has 0 atom stereocenters. The summed E-state index contributed by atoms with van der Waals surface area (Å²) in [4.78, 5) is 24.8. The molecule has 3 rings (SSSR count). The number of hydrogen-bond donors (Lipinski definition) is 1. The molecule has 118 valence electrons. The van der Waals surface area contributed by atoms with E-state index in [1.165, 1.54) is 11.3 Å². The van der Waals surface area contributed by atoms with Gasteiger partial charge in [-0.15, -0.1) is 11.3 Å². The van der Waals surface area contributed by atoms with Crippen LogP contribution in [0.15, 0.2) is 40.1 Å². The van der Waals surface area contributed by atoms with E-state index in [0.29, 0.717) is 27.0 Å². The van der Waals surface area contributed by atoms with Gasteiger partial charge in [-0.1, -0.05) is 39.0 Å². The fourth-order valence-corrected chi connectivity index (χ4v) is 3.41. The maximum Gasteiger partial charge on any atom is 0.372 e. The van der Waals surface area contributed by atoms with Crippen molar-refractivity contribution in [2.24, 2.45) is 0 Å². The second-order valence-corrected chi connectivity index (χ2v) is 7.30. The van der Waals surface area contributed by atoms with Crippen LogP contribution in [0.1, 0.15) is 52.1 Å². The van der Waals surface area contributed by atoms with Crippen molar-refractivity contribution < 1.29 is 19.1 Å². The van der Waals surface area contributed by atoms with Crippen molar-refractivity contribution in [3.63, 3.8) is 0 Å². The van der Waals surface area contributed by atoms with Crippen LogP contribution < -0.4 is 0 Å². The van der Waals surface area contributed by atoms with E-state index in [9.17, 15) is 14.7 Å². The molecule has 2 heterocycles. The molecule has 0 unspecified atom stereocenters. The fourth-order valence-electron chi connectivity index (χ4n) is 2.73. The van der Waals surface area contributed by atoms with E-state index in [2.05, 4.69) is 0 Å². The average Bonchev–Trinajstić information content (AvgIpc) is 3.12. The largest absolute Gasteiger partial charge is 0.475 e. The van der Waals surface area contributed by atoms with Crippen molar-refractivity contribution in [1.29, 1.82) is 0 Å². The maximum atomic E-state index is 12.7. The molecule has 0 bridgehead atoms. The molecule has 0 fully saturated rings. The number of carboxylic acids is 1. The number of aromatic carboxylic acids is 1. The zero-order valence-electron chi connectivity index (χ0n) is 13.0.